The summed E-state index contributed by atoms with van der Waals surface area (Å²) in [5.41, 5.74) is 2.17. The summed E-state index contributed by atoms with van der Waals surface area (Å²) in [5, 5.41) is 0. The topological polar surface area (TPSA) is 69.2 Å². The molecule has 0 amide bonds. The molecule has 4 rings (SSSR count). The third kappa shape index (κ3) is 3.72. The van der Waals surface area contributed by atoms with E-state index in [2.05, 4.69) is 32.8 Å². The lowest BCUT2D eigenvalue weighted by atomic mass is 9.70. The van der Waals surface area contributed by atoms with Crippen LogP contribution in [0.3, 0.4) is 0 Å². The van der Waals surface area contributed by atoms with Gasteiger partial charge in [-0.1, -0.05) is 6.92 Å². The SMILES string of the molecule is C[C@H]1CC(c2ccncc2CC(=O)c2ccc(F)c(Br)n2)C[C@H]2CC(=O)O[C@H]21. The van der Waals surface area contributed by atoms with Crippen LogP contribution in [0.15, 0.2) is 35.2 Å². The number of pyridine rings is 2. The number of halogens is 2. The number of ketones is 1. The molecular formula is C21H20BrFN2O3. The van der Waals surface area contributed by atoms with Crippen molar-refractivity contribution < 1.29 is 18.7 Å². The van der Waals surface area contributed by atoms with Crippen LogP contribution in [0.5, 0.6) is 0 Å². The fourth-order valence-electron chi connectivity index (χ4n) is 4.54. The molecule has 1 unspecified atom stereocenters. The lowest BCUT2D eigenvalue weighted by Gasteiger charge is -2.35. The summed E-state index contributed by atoms with van der Waals surface area (Å²) in [6, 6.07) is 4.59. The average molecular weight is 447 g/mol. The van der Waals surface area contributed by atoms with Crippen molar-refractivity contribution in [2.75, 3.05) is 0 Å². The van der Waals surface area contributed by atoms with Crippen molar-refractivity contribution in [2.24, 2.45) is 11.8 Å². The smallest absolute Gasteiger partial charge is 0.306 e. The van der Waals surface area contributed by atoms with Gasteiger partial charge in [0.1, 0.15) is 16.4 Å². The number of carbonyl (C=O) groups is 2. The molecule has 2 fully saturated rings. The number of ether oxygens (including phenoxy) is 1. The molecule has 1 saturated carbocycles. The molecule has 28 heavy (non-hydrogen) atoms. The molecular weight excluding hydrogens is 427 g/mol. The summed E-state index contributed by atoms with van der Waals surface area (Å²) in [6.45, 7) is 2.12. The molecule has 3 heterocycles. The van der Waals surface area contributed by atoms with E-state index >= 15 is 0 Å². The van der Waals surface area contributed by atoms with Gasteiger partial charge in [0, 0.05) is 24.7 Å². The van der Waals surface area contributed by atoms with Gasteiger partial charge >= 0.3 is 5.97 Å². The van der Waals surface area contributed by atoms with Crippen LogP contribution < -0.4 is 0 Å². The number of hydrogen-bond donors (Lipinski definition) is 0. The second kappa shape index (κ2) is 7.70. The number of fused-ring (bicyclic) bond motifs is 1. The molecule has 2 aromatic rings. The summed E-state index contributed by atoms with van der Waals surface area (Å²) in [7, 11) is 0. The van der Waals surface area contributed by atoms with E-state index in [0.29, 0.717) is 6.42 Å². The van der Waals surface area contributed by atoms with Crippen molar-refractivity contribution in [3.8, 4) is 0 Å². The molecule has 0 spiro atoms. The predicted octanol–water partition coefficient (Wildman–Crippen LogP) is 4.25. The fourth-order valence-corrected chi connectivity index (χ4v) is 4.87. The van der Waals surface area contributed by atoms with E-state index in [4.69, 9.17) is 4.74 Å². The highest BCUT2D eigenvalue weighted by Gasteiger charge is 2.44. The molecule has 7 heteroatoms. The average Bonchev–Trinajstić information content (AvgIpc) is 3.05. The van der Waals surface area contributed by atoms with Crippen molar-refractivity contribution in [2.45, 2.75) is 44.6 Å². The third-order valence-electron chi connectivity index (χ3n) is 5.79. The van der Waals surface area contributed by atoms with Gasteiger partial charge in [-0.2, -0.15) is 0 Å². The maximum absolute atomic E-state index is 13.4. The minimum absolute atomic E-state index is 0.0106. The number of hydrogen-bond acceptors (Lipinski definition) is 5. The predicted molar refractivity (Wildman–Crippen MR) is 103 cm³/mol. The summed E-state index contributed by atoms with van der Waals surface area (Å²) in [6.07, 6.45) is 5.87. The Morgan fingerprint density at radius 3 is 2.93 bits per heavy atom. The maximum Gasteiger partial charge on any atom is 0.306 e. The van der Waals surface area contributed by atoms with Crippen molar-refractivity contribution in [3.05, 3.63) is 57.8 Å². The molecule has 1 saturated heterocycles. The molecule has 0 N–H and O–H groups in total. The van der Waals surface area contributed by atoms with Gasteiger partial charge in [0.25, 0.3) is 0 Å². The molecule has 0 bridgehead atoms. The Morgan fingerprint density at radius 2 is 2.14 bits per heavy atom. The van der Waals surface area contributed by atoms with Crippen LogP contribution in [0.1, 0.15) is 53.7 Å². The minimum Gasteiger partial charge on any atom is -0.462 e. The maximum atomic E-state index is 13.4. The molecule has 1 aliphatic carbocycles. The van der Waals surface area contributed by atoms with Crippen LogP contribution in [0.25, 0.3) is 0 Å². The Bertz CT molecular complexity index is 936. The Morgan fingerprint density at radius 1 is 1.32 bits per heavy atom. The lowest BCUT2D eigenvalue weighted by Crippen LogP contribution is -2.32. The zero-order valence-electron chi connectivity index (χ0n) is 15.4. The summed E-state index contributed by atoms with van der Waals surface area (Å²) in [5.74, 6) is -0.0341. The van der Waals surface area contributed by atoms with Crippen LogP contribution in [0.2, 0.25) is 0 Å². The van der Waals surface area contributed by atoms with Crippen LogP contribution in [0.4, 0.5) is 4.39 Å². The molecule has 2 aromatic heterocycles. The fraction of sp³-hybridized carbons (Fsp3) is 0.429. The third-order valence-corrected chi connectivity index (χ3v) is 6.34. The molecule has 0 radical (unpaired) electrons. The number of Topliss-reactive ketones (excluding diaryl/α,β-unsaturated/α-hetero) is 1. The van der Waals surface area contributed by atoms with Gasteiger partial charge in [0.15, 0.2) is 11.6 Å². The monoisotopic (exact) mass is 446 g/mol. The van der Waals surface area contributed by atoms with Gasteiger partial charge in [-0.15, -0.1) is 0 Å². The van der Waals surface area contributed by atoms with Gasteiger partial charge < -0.3 is 4.74 Å². The molecule has 4 atom stereocenters. The zero-order chi connectivity index (χ0) is 19.8. The van der Waals surface area contributed by atoms with Gasteiger partial charge in [-0.25, -0.2) is 9.37 Å². The van der Waals surface area contributed by atoms with Gasteiger partial charge in [-0.3, -0.25) is 14.6 Å². The molecule has 1 aliphatic heterocycles. The van der Waals surface area contributed by atoms with Crippen molar-refractivity contribution in [1.29, 1.82) is 0 Å². The molecule has 2 aliphatic rings. The van der Waals surface area contributed by atoms with Crippen molar-refractivity contribution >= 4 is 27.7 Å². The first-order chi connectivity index (χ1) is 13.4. The van der Waals surface area contributed by atoms with Gasteiger partial charge in [0.05, 0.1) is 6.42 Å². The highest BCUT2D eigenvalue weighted by atomic mass is 79.9. The molecule has 5 nitrogen and oxygen atoms in total. The largest absolute Gasteiger partial charge is 0.462 e. The van der Waals surface area contributed by atoms with E-state index in [-0.39, 0.29) is 52.3 Å². The van der Waals surface area contributed by atoms with E-state index in [0.717, 1.165) is 24.0 Å². The van der Waals surface area contributed by atoms with E-state index in [9.17, 15) is 14.0 Å². The summed E-state index contributed by atoms with van der Waals surface area (Å²) >= 11 is 3.02. The van der Waals surface area contributed by atoms with Crippen LogP contribution in [0, 0.1) is 17.7 Å². The highest BCUT2D eigenvalue weighted by Crippen LogP contribution is 2.45. The van der Waals surface area contributed by atoms with Crippen molar-refractivity contribution in [3.63, 3.8) is 0 Å². The standard InChI is InChI=1S/C21H20BrFN2O3/c1-11-6-12(7-13-9-19(27)28-20(11)13)15-4-5-24-10-14(15)8-18(26)17-3-2-16(23)21(22)25-17/h2-5,10-13,20H,6-9H2,1H3/t11-,12?,13-,20-/m0/s1. The van der Waals surface area contributed by atoms with E-state index in [1.807, 2.05) is 6.07 Å². The zero-order valence-corrected chi connectivity index (χ0v) is 17.0. The van der Waals surface area contributed by atoms with E-state index in [1.54, 1.807) is 12.4 Å². The van der Waals surface area contributed by atoms with Gasteiger partial charge in [-0.05, 0) is 69.9 Å². The van der Waals surface area contributed by atoms with E-state index in [1.165, 1.54) is 12.1 Å². The first kappa shape index (κ1) is 19.2. The first-order valence-corrected chi connectivity index (χ1v) is 10.2. The van der Waals surface area contributed by atoms with Crippen LogP contribution in [-0.2, 0) is 16.0 Å². The quantitative estimate of drug-likeness (QED) is 0.398. The van der Waals surface area contributed by atoms with Crippen LogP contribution in [-0.4, -0.2) is 27.8 Å². The first-order valence-electron chi connectivity index (χ1n) is 9.40. The highest BCUT2D eigenvalue weighted by molar-refractivity contribution is 9.10. The number of aromatic nitrogens is 2. The second-order valence-electron chi connectivity index (χ2n) is 7.71. The normalized spacial score (nSPS) is 26.6. The molecule has 0 aromatic carbocycles. The summed E-state index contributed by atoms with van der Waals surface area (Å²) < 4.78 is 18.9. The second-order valence-corrected chi connectivity index (χ2v) is 8.46. The molecule has 146 valence electrons. The minimum atomic E-state index is -0.502. The van der Waals surface area contributed by atoms with Gasteiger partial charge in [0.2, 0.25) is 0 Å². The number of esters is 1. The van der Waals surface area contributed by atoms with E-state index < -0.39 is 5.82 Å². The number of rotatable bonds is 4. The lowest BCUT2D eigenvalue weighted by molar-refractivity contribution is -0.143. The Labute approximate surface area is 170 Å². The Balaban J connectivity index is 1.56. The summed E-state index contributed by atoms with van der Waals surface area (Å²) in [4.78, 5) is 32.6. The Kier molecular flexibility index (Phi) is 5.27. The van der Waals surface area contributed by atoms with Crippen LogP contribution >= 0.6 is 15.9 Å². The number of carbonyl (C=O) groups excluding carboxylic acids is 2. The van der Waals surface area contributed by atoms with Crippen molar-refractivity contribution in [1.82, 2.24) is 9.97 Å². The number of nitrogens with zero attached hydrogens (tertiary/aromatic N) is 2. The Hall–Kier alpha value is -2.15.